The molecule has 0 fully saturated rings. The third-order valence-electron chi connectivity index (χ3n) is 5.12. The van der Waals surface area contributed by atoms with Gasteiger partial charge < -0.3 is 49.1 Å². The van der Waals surface area contributed by atoms with Crippen LogP contribution in [-0.2, 0) is 24.0 Å². The molecule has 0 aliphatic rings. The van der Waals surface area contributed by atoms with Gasteiger partial charge in [0.1, 0.15) is 18.1 Å². The van der Waals surface area contributed by atoms with E-state index in [-0.39, 0.29) is 25.3 Å². The minimum Gasteiger partial charge on any atom is -0.481 e. The first kappa shape index (κ1) is 33.9. The van der Waals surface area contributed by atoms with Crippen molar-refractivity contribution >= 4 is 47.4 Å². The summed E-state index contributed by atoms with van der Waals surface area (Å²) in [6, 6.07) is -4.81. The van der Waals surface area contributed by atoms with Crippen molar-refractivity contribution < 1.29 is 34.2 Å². The maximum absolute atomic E-state index is 13.1. The standard InChI is InChI=1S/C21H40N8O7S/c1-37-10-7-14(19(34)29-15(20(35)36)11-16(30)31)28-18(33)13(6-4-9-26-21(24)25)27-17(32)12(23)5-2-3-8-22/h12-15H,2-11,22-23H2,1H3,(H,27,32)(H,28,33)(H,29,34)(H,30,31)(H,35,36)(H4,24,25,26). The van der Waals surface area contributed by atoms with Crippen LogP contribution in [0.4, 0.5) is 0 Å². The Balaban J connectivity index is 5.54. The Morgan fingerprint density at radius 3 is 1.92 bits per heavy atom. The fourth-order valence-electron chi connectivity index (χ4n) is 3.11. The lowest BCUT2D eigenvalue weighted by Gasteiger charge is -2.25. The monoisotopic (exact) mass is 548 g/mol. The molecule has 13 N–H and O–H groups in total. The summed E-state index contributed by atoms with van der Waals surface area (Å²) in [6.07, 6.45) is 3.20. The topological polar surface area (TPSA) is 278 Å². The molecule has 0 radical (unpaired) electrons. The number of carboxylic acids is 2. The van der Waals surface area contributed by atoms with Crippen LogP contribution in [0.25, 0.3) is 0 Å². The number of hydrogen-bond donors (Lipinski definition) is 9. The maximum atomic E-state index is 13.1. The molecule has 0 rings (SSSR count). The SMILES string of the molecule is CSCCC(NC(=O)C(CCCN=C(N)N)NC(=O)C(N)CCCCN)C(=O)NC(CC(=O)O)C(=O)O. The van der Waals surface area contributed by atoms with Crippen LogP contribution in [0.2, 0.25) is 0 Å². The molecule has 16 heteroatoms. The number of nitrogens with two attached hydrogens (primary N) is 4. The Morgan fingerprint density at radius 1 is 0.838 bits per heavy atom. The van der Waals surface area contributed by atoms with E-state index in [1.807, 2.05) is 0 Å². The molecule has 0 spiro atoms. The lowest BCUT2D eigenvalue weighted by molar-refractivity contribution is -0.147. The fraction of sp³-hybridized carbons (Fsp3) is 0.714. The van der Waals surface area contributed by atoms with Gasteiger partial charge in [0.25, 0.3) is 0 Å². The Kier molecular flexibility index (Phi) is 17.5. The summed E-state index contributed by atoms with van der Waals surface area (Å²) in [7, 11) is 0. The molecular weight excluding hydrogens is 508 g/mol. The van der Waals surface area contributed by atoms with Crippen LogP contribution in [0.15, 0.2) is 4.99 Å². The van der Waals surface area contributed by atoms with Gasteiger partial charge in [-0.05, 0) is 50.7 Å². The van der Waals surface area contributed by atoms with Crippen molar-refractivity contribution in [3.05, 3.63) is 0 Å². The van der Waals surface area contributed by atoms with E-state index >= 15 is 0 Å². The summed E-state index contributed by atoms with van der Waals surface area (Å²) in [6.45, 7) is 0.648. The van der Waals surface area contributed by atoms with Crippen LogP contribution in [0, 0.1) is 0 Å². The smallest absolute Gasteiger partial charge is 0.326 e. The van der Waals surface area contributed by atoms with E-state index in [0.717, 1.165) is 0 Å². The summed E-state index contributed by atoms with van der Waals surface area (Å²) in [4.78, 5) is 64.6. The number of nitrogens with one attached hydrogen (secondary N) is 3. The largest absolute Gasteiger partial charge is 0.481 e. The van der Waals surface area contributed by atoms with Gasteiger partial charge in [-0.15, -0.1) is 0 Å². The van der Waals surface area contributed by atoms with E-state index < -0.39 is 60.2 Å². The van der Waals surface area contributed by atoms with E-state index in [1.165, 1.54) is 11.8 Å². The zero-order valence-corrected chi connectivity index (χ0v) is 21.8. The first-order chi connectivity index (χ1) is 17.4. The summed E-state index contributed by atoms with van der Waals surface area (Å²) >= 11 is 1.39. The highest BCUT2D eigenvalue weighted by molar-refractivity contribution is 7.98. The number of nitrogens with zero attached hydrogens (tertiary/aromatic N) is 1. The number of guanidine groups is 1. The Labute approximate surface area is 219 Å². The van der Waals surface area contributed by atoms with Gasteiger partial charge in [0.05, 0.1) is 12.5 Å². The predicted octanol–water partition coefficient (Wildman–Crippen LogP) is -2.74. The number of carbonyl (C=O) groups excluding carboxylic acids is 3. The molecule has 0 bridgehead atoms. The van der Waals surface area contributed by atoms with Crippen molar-refractivity contribution in [3.8, 4) is 0 Å². The molecule has 4 atom stereocenters. The summed E-state index contributed by atoms with van der Waals surface area (Å²) in [5.41, 5.74) is 22.0. The van der Waals surface area contributed by atoms with Crippen molar-refractivity contribution in [1.82, 2.24) is 16.0 Å². The van der Waals surface area contributed by atoms with E-state index in [9.17, 15) is 29.1 Å². The Morgan fingerprint density at radius 2 is 1.41 bits per heavy atom. The fourth-order valence-corrected chi connectivity index (χ4v) is 3.59. The highest BCUT2D eigenvalue weighted by Gasteiger charge is 2.30. The molecule has 0 aromatic rings. The number of amides is 3. The van der Waals surface area contributed by atoms with Crippen molar-refractivity contribution in [2.45, 2.75) is 69.1 Å². The molecule has 15 nitrogen and oxygen atoms in total. The number of aliphatic imine (C=N–C) groups is 1. The molecule has 4 unspecified atom stereocenters. The average Bonchev–Trinajstić information content (AvgIpc) is 2.82. The molecule has 0 aliphatic carbocycles. The zero-order valence-electron chi connectivity index (χ0n) is 21.0. The van der Waals surface area contributed by atoms with Crippen LogP contribution in [0.1, 0.15) is 44.9 Å². The average molecular weight is 549 g/mol. The lowest BCUT2D eigenvalue weighted by Crippen LogP contribution is -2.57. The van der Waals surface area contributed by atoms with Gasteiger partial charge in [-0.2, -0.15) is 11.8 Å². The molecule has 0 aromatic carbocycles. The third kappa shape index (κ3) is 15.6. The van der Waals surface area contributed by atoms with Crippen LogP contribution >= 0.6 is 11.8 Å². The van der Waals surface area contributed by atoms with Gasteiger partial charge >= 0.3 is 11.9 Å². The lowest BCUT2D eigenvalue weighted by atomic mass is 10.1. The number of hydrogen-bond acceptors (Lipinski definition) is 9. The minimum absolute atomic E-state index is 0.123. The van der Waals surface area contributed by atoms with Crippen molar-refractivity contribution in [2.75, 3.05) is 25.1 Å². The van der Waals surface area contributed by atoms with Gasteiger partial charge in [0, 0.05) is 6.54 Å². The quantitative estimate of drug-likeness (QED) is 0.0425. The van der Waals surface area contributed by atoms with Gasteiger partial charge in [-0.25, -0.2) is 4.79 Å². The number of rotatable bonds is 20. The molecule has 37 heavy (non-hydrogen) atoms. The van der Waals surface area contributed by atoms with E-state index in [2.05, 4.69) is 20.9 Å². The van der Waals surface area contributed by atoms with E-state index in [0.29, 0.717) is 38.0 Å². The van der Waals surface area contributed by atoms with Crippen LogP contribution < -0.4 is 38.9 Å². The van der Waals surface area contributed by atoms with Crippen LogP contribution in [-0.4, -0.2) is 95.1 Å². The van der Waals surface area contributed by atoms with Gasteiger partial charge in [0.2, 0.25) is 17.7 Å². The molecule has 0 saturated carbocycles. The normalized spacial score (nSPS) is 13.9. The number of carbonyl (C=O) groups is 5. The van der Waals surface area contributed by atoms with E-state index in [1.54, 1.807) is 6.26 Å². The predicted molar refractivity (Wildman–Crippen MR) is 139 cm³/mol. The molecule has 3 amide bonds. The number of thioether (sulfide) groups is 1. The van der Waals surface area contributed by atoms with Crippen molar-refractivity contribution in [2.24, 2.45) is 27.9 Å². The summed E-state index contributed by atoms with van der Waals surface area (Å²) in [5, 5.41) is 25.4. The highest BCUT2D eigenvalue weighted by atomic mass is 32.2. The van der Waals surface area contributed by atoms with Crippen molar-refractivity contribution in [3.63, 3.8) is 0 Å². The minimum atomic E-state index is -1.68. The van der Waals surface area contributed by atoms with E-state index in [4.69, 9.17) is 28.0 Å². The molecule has 0 aromatic heterocycles. The third-order valence-corrected chi connectivity index (χ3v) is 5.77. The molecule has 212 valence electrons. The molecule has 0 saturated heterocycles. The van der Waals surface area contributed by atoms with Gasteiger partial charge in [-0.1, -0.05) is 6.42 Å². The summed E-state index contributed by atoms with van der Waals surface area (Å²) in [5.74, 6) is -4.75. The first-order valence-corrected chi connectivity index (χ1v) is 13.2. The van der Waals surface area contributed by atoms with Gasteiger partial charge in [-0.3, -0.25) is 24.2 Å². The van der Waals surface area contributed by atoms with Crippen LogP contribution in [0.5, 0.6) is 0 Å². The second-order valence-electron chi connectivity index (χ2n) is 8.24. The second kappa shape index (κ2) is 19.1. The molecule has 0 aliphatic heterocycles. The highest BCUT2D eigenvalue weighted by Crippen LogP contribution is 2.07. The Bertz CT molecular complexity index is 795. The molecular formula is C21H40N8O7S. The number of carboxylic acid groups (broad SMARTS) is 2. The molecule has 0 heterocycles. The van der Waals surface area contributed by atoms with Crippen molar-refractivity contribution in [1.29, 1.82) is 0 Å². The number of aliphatic carboxylic acids is 2. The van der Waals surface area contributed by atoms with Gasteiger partial charge in [0.15, 0.2) is 5.96 Å². The second-order valence-corrected chi connectivity index (χ2v) is 9.23. The number of unbranched alkanes of at least 4 members (excludes halogenated alkanes) is 1. The zero-order chi connectivity index (χ0) is 28.4. The maximum Gasteiger partial charge on any atom is 0.326 e. The summed E-state index contributed by atoms with van der Waals surface area (Å²) < 4.78 is 0. The Hall–Kier alpha value is -3.11. The first-order valence-electron chi connectivity index (χ1n) is 11.8. The van der Waals surface area contributed by atoms with Crippen LogP contribution in [0.3, 0.4) is 0 Å².